The standard InChI is InChI=1S/C30H50N4O5/c1-9-10-11-12-13-19-34(25(26(36)33-29(3,4)5)22-16-14-15-21(2)20-22)27(37)23(17-18-24(31)35)32-28(38)39-30(6,7)8/h14-16,20,23,25H,9-13,17-19H2,1-8H3,(H2,31,35)(H,32,38)(H,33,36). The number of nitrogens with zero attached hydrogens (tertiary/aromatic N) is 1. The van der Waals surface area contributed by atoms with Crippen LogP contribution in [0.3, 0.4) is 0 Å². The number of carbonyl (C=O) groups is 4. The average molecular weight is 547 g/mol. The van der Waals surface area contributed by atoms with Crippen molar-refractivity contribution in [1.29, 1.82) is 0 Å². The predicted octanol–water partition coefficient (Wildman–Crippen LogP) is 4.91. The molecule has 9 nitrogen and oxygen atoms in total. The topological polar surface area (TPSA) is 131 Å². The van der Waals surface area contributed by atoms with Crippen LogP contribution in [-0.2, 0) is 19.1 Å². The molecule has 0 saturated carbocycles. The maximum absolute atomic E-state index is 14.2. The van der Waals surface area contributed by atoms with Gasteiger partial charge in [0.05, 0.1) is 0 Å². The Morgan fingerprint density at radius 2 is 1.64 bits per heavy atom. The molecule has 4 N–H and O–H groups in total. The van der Waals surface area contributed by atoms with Crippen LogP contribution >= 0.6 is 0 Å². The van der Waals surface area contributed by atoms with Gasteiger partial charge in [-0.15, -0.1) is 0 Å². The Hall–Kier alpha value is -3.10. The van der Waals surface area contributed by atoms with Crippen LogP contribution in [0.25, 0.3) is 0 Å². The molecule has 2 unspecified atom stereocenters. The van der Waals surface area contributed by atoms with E-state index in [2.05, 4.69) is 17.6 Å². The third-order valence-corrected chi connectivity index (χ3v) is 5.87. The lowest BCUT2D eigenvalue weighted by atomic mass is 9.98. The molecule has 0 aliphatic rings. The number of primary amides is 1. The zero-order valence-corrected chi connectivity index (χ0v) is 25.2. The van der Waals surface area contributed by atoms with Crippen molar-refractivity contribution in [3.05, 3.63) is 35.4 Å². The molecule has 1 aromatic rings. The predicted molar refractivity (Wildman–Crippen MR) is 154 cm³/mol. The highest BCUT2D eigenvalue weighted by Gasteiger charge is 2.37. The summed E-state index contributed by atoms with van der Waals surface area (Å²) >= 11 is 0. The molecule has 0 heterocycles. The number of benzene rings is 1. The van der Waals surface area contributed by atoms with Crippen LogP contribution in [0.1, 0.15) is 111 Å². The maximum Gasteiger partial charge on any atom is 0.408 e. The first-order chi connectivity index (χ1) is 18.0. The van der Waals surface area contributed by atoms with Gasteiger partial charge < -0.3 is 26.0 Å². The van der Waals surface area contributed by atoms with E-state index in [1.165, 1.54) is 4.90 Å². The fourth-order valence-electron chi connectivity index (χ4n) is 4.20. The summed E-state index contributed by atoms with van der Waals surface area (Å²) in [4.78, 5) is 53.8. The molecule has 0 bridgehead atoms. The first-order valence-electron chi connectivity index (χ1n) is 14.0. The van der Waals surface area contributed by atoms with Crippen LogP contribution in [0.5, 0.6) is 0 Å². The minimum Gasteiger partial charge on any atom is -0.444 e. The second-order valence-corrected chi connectivity index (χ2v) is 12.2. The summed E-state index contributed by atoms with van der Waals surface area (Å²) in [6.45, 7) is 15.2. The number of nitrogens with two attached hydrogens (primary N) is 1. The molecule has 0 saturated heterocycles. The Morgan fingerprint density at radius 3 is 2.18 bits per heavy atom. The van der Waals surface area contributed by atoms with E-state index in [9.17, 15) is 19.2 Å². The van der Waals surface area contributed by atoms with Gasteiger partial charge >= 0.3 is 6.09 Å². The number of alkyl carbamates (subject to hydrolysis) is 1. The molecule has 4 amide bonds. The van der Waals surface area contributed by atoms with Gasteiger partial charge in [0.25, 0.3) is 0 Å². The van der Waals surface area contributed by atoms with Crippen LogP contribution in [0.2, 0.25) is 0 Å². The minimum atomic E-state index is -1.10. The van der Waals surface area contributed by atoms with Crippen molar-refractivity contribution in [2.75, 3.05) is 6.54 Å². The Kier molecular flexibility index (Phi) is 13.5. The molecule has 0 aromatic heterocycles. The van der Waals surface area contributed by atoms with E-state index in [1.807, 2.05) is 52.0 Å². The van der Waals surface area contributed by atoms with Gasteiger partial charge in [0, 0.05) is 18.5 Å². The van der Waals surface area contributed by atoms with Crippen molar-refractivity contribution in [3.8, 4) is 0 Å². The number of carbonyl (C=O) groups excluding carboxylic acids is 4. The van der Waals surface area contributed by atoms with Gasteiger partial charge in [-0.1, -0.05) is 62.4 Å². The average Bonchev–Trinajstić information content (AvgIpc) is 2.78. The van der Waals surface area contributed by atoms with E-state index in [1.54, 1.807) is 20.8 Å². The number of hydrogen-bond donors (Lipinski definition) is 3. The SMILES string of the molecule is CCCCCCCN(C(=O)C(CCC(N)=O)NC(=O)OC(C)(C)C)C(C(=O)NC(C)(C)C)c1cccc(C)c1. The number of hydrogen-bond acceptors (Lipinski definition) is 5. The van der Waals surface area contributed by atoms with Crippen LogP contribution < -0.4 is 16.4 Å². The van der Waals surface area contributed by atoms with Crippen LogP contribution in [0.15, 0.2) is 24.3 Å². The van der Waals surface area contributed by atoms with Crippen LogP contribution in [0.4, 0.5) is 4.79 Å². The van der Waals surface area contributed by atoms with Gasteiger partial charge in [0.2, 0.25) is 17.7 Å². The van der Waals surface area contributed by atoms with Gasteiger partial charge in [-0.3, -0.25) is 14.4 Å². The lowest BCUT2D eigenvalue weighted by Crippen LogP contribution is -2.55. The number of rotatable bonds is 14. The number of aryl methyl sites for hydroxylation is 1. The Balaban J connectivity index is 3.52. The molecular formula is C30H50N4O5. The summed E-state index contributed by atoms with van der Waals surface area (Å²) in [5.41, 5.74) is 5.70. The molecule has 39 heavy (non-hydrogen) atoms. The minimum absolute atomic E-state index is 0.0127. The summed E-state index contributed by atoms with van der Waals surface area (Å²) < 4.78 is 5.39. The summed E-state index contributed by atoms with van der Waals surface area (Å²) in [6.07, 6.45) is 3.86. The third-order valence-electron chi connectivity index (χ3n) is 5.87. The largest absolute Gasteiger partial charge is 0.444 e. The van der Waals surface area contributed by atoms with E-state index in [-0.39, 0.29) is 18.7 Å². The normalized spacial score (nSPS) is 13.2. The molecule has 1 aromatic carbocycles. The molecule has 0 radical (unpaired) electrons. The Morgan fingerprint density at radius 1 is 1.00 bits per heavy atom. The number of amides is 4. The van der Waals surface area contributed by atoms with Crippen molar-refractivity contribution in [1.82, 2.24) is 15.5 Å². The lowest BCUT2D eigenvalue weighted by Gasteiger charge is -2.36. The van der Waals surface area contributed by atoms with Crippen molar-refractivity contribution in [2.24, 2.45) is 5.73 Å². The first-order valence-corrected chi connectivity index (χ1v) is 14.0. The van der Waals surface area contributed by atoms with Crippen molar-refractivity contribution in [2.45, 2.75) is 124 Å². The highest BCUT2D eigenvalue weighted by atomic mass is 16.6. The zero-order valence-electron chi connectivity index (χ0n) is 25.2. The van der Waals surface area contributed by atoms with Gasteiger partial charge in [-0.25, -0.2) is 4.79 Å². The molecule has 1 rings (SSSR count). The van der Waals surface area contributed by atoms with Crippen molar-refractivity contribution < 1.29 is 23.9 Å². The molecule has 9 heteroatoms. The first kappa shape index (κ1) is 33.9. The van der Waals surface area contributed by atoms with E-state index < -0.39 is 41.1 Å². The van der Waals surface area contributed by atoms with Crippen molar-refractivity contribution in [3.63, 3.8) is 0 Å². The fourth-order valence-corrected chi connectivity index (χ4v) is 4.20. The van der Waals surface area contributed by atoms with Gasteiger partial charge in [-0.2, -0.15) is 0 Å². The highest BCUT2D eigenvalue weighted by Crippen LogP contribution is 2.26. The third kappa shape index (κ3) is 13.5. The number of ether oxygens (including phenoxy) is 1. The van der Waals surface area contributed by atoms with Gasteiger partial charge in [0.15, 0.2) is 0 Å². The van der Waals surface area contributed by atoms with Gasteiger partial charge in [0.1, 0.15) is 17.7 Å². The fraction of sp³-hybridized carbons (Fsp3) is 0.667. The lowest BCUT2D eigenvalue weighted by molar-refractivity contribution is -0.143. The number of unbranched alkanes of at least 4 members (excludes halogenated alkanes) is 4. The van der Waals surface area contributed by atoms with E-state index in [0.717, 1.165) is 31.2 Å². The summed E-state index contributed by atoms with van der Waals surface area (Å²) in [7, 11) is 0. The highest BCUT2D eigenvalue weighted by molar-refractivity contribution is 5.92. The number of nitrogens with one attached hydrogen (secondary N) is 2. The molecular weight excluding hydrogens is 496 g/mol. The molecule has 0 spiro atoms. The summed E-state index contributed by atoms with van der Waals surface area (Å²) in [5.74, 6) is -1.38. The second kappa shape index (κ2) is 15.5. The molecule has 220 valence electrons. The van der Waals surface area contributed by atoms with Crippen LogP contribution in [0, 0.1) is 6.92 Å². The summed E-state index contributed by atoms with van der Waals surface area (Å²) in [5, 5.41) is 5.66. The summed E-state index contributed by atoms with van der Waals surface area (Å²) in [6, 6.07) is 5.48. The molecule has 0 fully saturated rings. The molecule has 0 aliphatic heterocycles. The smallest absolute Gasteiger partial charge is 0.408 e. The van der Waals surface area contributed by atoms with Gasteiger partial charge in [-0.05, 0) is 66.9 Å². The van der Waals surface area contributed by atoms with Crippen molar-refractivity contribution >= 4 is 23.8 Å². The zero-order chi connectivity index (χ0) is 29.8. The van der Waals surface area contributed by atoms with Crippen LogP contribution in [-0.4, -0.2) is 52.4 Å². The van der Waals surface area contributed by atoms with E-state index in [0.29, 0.717) is 18.5 Å². The Labute approximate surface area is 234 Å². The second-order valence-electron chi connectivity index (χ2n) is 12.2. The molecule has 0 aliphatic carbocycles. The molecule has 2 atom stereocenters. The maximum atomic E-state index is 14.2. The Bertz CT molecular complexity index is 965. The quantitative estimate of drug-likeness (QED) is 0.285. The van der Waals surface area contributed by atoms with E-state index >= 15 is 0 Å². The monoisotopic (exact) mass is 546 g/mol. The van der Waals surface area contributed by atoms with E-state index in [4.69, 9.17) is 10.5 Å².